The van der Waals surface area contributed by atoms with Crippen molar-refractivity contribution in [2.45, 2.75) is 42.9 Å². The fourth-order valence-corrected chi connectivity index (χ4v) is 2.58. The summed E-state index contributed by atoms with van der Waals surface area (Å²) in [5.41, 5.74) is 0.737. The van der Waals surface area contributed by atoms with E-state index in [1.54, 1.807) is 6.92 Å². The lowest BCUT2D eigenvalue weighted by molar-refractivity contribution is 0.160. The second kappa shape index (κ2) is 5.75. The Morgan fingerprint density at radius 2 is 1.72 bits per heavy atom. The van der Waals surface area contributed by atoms with Gasteiger partial charge in [-0.15, -0.1) is 0 Å². The van der Waals surface area contributed by atoms with Crippen molar-refractivity contribution in [3.05, 3.63) is 29.8 Å². The first-order valence-electron chi connectivity index (χ1n) is 5.60. The van der Waals surface area contributed by atoms with Crippen LogP contribution in [0, 0.1) is 0 Å². The molecule has 0 aliphatic carbocycles. The summed E-state index contributed by atoms with van der Waals surface area (Å²) in [6.45, 7) is 3.53. The fourth-order valence-electron chi connectivity index (χ4n) is 1.86. The topological polar surface area (TPSA) is 54.4 Å². The average Bonchev–Trinajstić information content (AvgIpc) is 2.30. The Hall–Kier alpha value is -1.01. The molecule has 2 atom stereocenters. The van der Waals surface area contributed by atoms with Gasteiger partial charge in [-0.05, 0) is 31.0 Å². The standard InChI is InChI=1S/C12H16F2O3S/c1-3-11(8(2)15)9-4-6-10(7-5-9)18(16,17)12(13)14/h4-8,11-12,15H,3H2,1-2H3. The van der Waals surface area contributed by atoms with Crippen molar-refractivity contribution < 1.29 is 22.3 Å². The summed E-state index contributed by atoms with van der Waals surface area (Å²) < 4.78 is 47.1. The molecule has 6 heteroatoms. The first kappa shape index (κ1) is 15.0. The number of aliphatic hydroxyl groups excluding tert-OH is 1. The Kier molecular flexibility index (Phi) is 4.81. The van der Waals surface area contributed by atoms with Gasteiger partial charge >= 0.3 is 5.76 Å². The number of hydrogen-bond donors (Lipinski definition) is 1. The fraction of sp³-hybridized carbons (Fsp3) is 0.500. The highest BCUT2D eigenvalue weighted by molar-refractivity contribution is 7.91. The molecule has 0 bridgehead atoms. The van der Waals surface area contributed by atoms with Gasteiger partial charge in [-0.1, -0.05) is 19.1 Å². The van der Waals surface area contributed by atoms with Crippen molar-refractivity contribution in [3.8, 4) is 0 Å². The zero-order valence-electron chi connectivity index (χ0n) is 10.2. The lowest BCUT2D eigenvalue weighted by Crippen LogP contribution is -2.15. The molecule has 0 saturated heterocycles. The number of benzene rings is 1. The van der Waals surface area contributed by atoms with Crippen molar-refractivity contribution in [1.82, 2.24) is 0 Å². The minimum Gasteiger partial charge on any atom is -0.393 e. The molecule has 1 rings (SSSR count). The van der Waals surface area contributed by atoms with E-state index in [0.717, 1.165) is 17.7 Å². The smallest absolute Gasteiger partial charge is 0.341 e. The zero-order chi connectivity index (χ0) is 13.9. The summed E-state index contributed by atoms with van der Waals surface area (Å²) in [5, 5.41) is 9.54. The van der Waals surface area contributed by atoms with E-state index >= 15 is 0 Å². The maximum absolute atomic E-state index is 12.3. The van der Waals surface area contributed by atoms with Gasteiger partial charge in [0.25, 0.3) is 0 Å². The SMILES string of the molecule is CCC(c1ccc(S(=O)(=O)C(F)F)cc1)C(C)O. The van der Waals surface area contributed by atoms with Crippen molar-refractivity contribution >= 4 is 9.84 Å². The molecule has 0 aromatic heterocycles. The Morgan fingerprint density at radius 1 is 1.22 bits per heavy atom. The van der Waals surface area contributed by atoms with E-state index in [9.17, 15) is 22.3 Å². The van der Waals surface area contributed by atoms with E-state index in [2.05, 4.69) is 0 Å². The summed E-state index contributed by atoms with van der Waals surface area (Å²) in [6, 6.07) is 5.25. The van der Waals surface area contributed by atoms with Crippen molar-refractivity contribution in [2.24, 2.45) is 0 Å². The van der Waals surface area contributed by atoms with Gasteiger partial charge in [-0.2, -0.15) is 8.78 Å². The van der Waals surface area contributed by atoms with Gasteiger partial charge in [-0.3, -0.25) is 0 Å². The summed E-state index contributed by atoms with van der Waals surface area (Å²) in [5.74, 6) is -3.55. The lowest BCUT2D eigenvalue weighted by Gasteiger charge is -2.18. The van der Waals surface area contributed by atoms with E-state index in [1.165, 1.54) is 12.1 Å². The number of sulfone groups is 1. The molecular weight excluding hydrogens is 262 g/mol. The van der Waals surface area contributed by atoms with Gasteiger partial charge in [0.05, 0.1) is 11.0 Å². The molecule has 0 amide bonds. The van der Waals surface area contributed by atoms with Gasteiger partial charge in [0, 0.05) is 5.92 Å². The molecule has 0 fully saturated rings. The normalized spacial score (nSPS) is 15.7. The molecule has 18 heavy (non-hydrogen) atoms. The van der Waals surface area contributed by atoms with E-state index in [4.69, 9.17) is 0 Å². The number of hydrogen-bond acceptors (Lipinski definition) is 3. The molecule has 3 nitrogen and oxygen atoms in total. The van der Waals surface area contributed by atoms with Crippen LogP contribution in [0.1, 0.15) is 31.7 Å². The van der Waals surface area contributed by atoms with Gasteiger partial charge in [-0.25, -0.2) is 8.42 Å². The Morgan fingerprint density at radius 3 is 2.06 bits per heavy atom. The van der Waals surface area contributed by atoms with Crippen LogP contribution in [-0.4, -0.2) is 25.4 Å². The van der Waals surface area contributed by atoms with Crippen LogP contribution < -0.4 is 0 Å². The lowest BCUT2D eigenvalue weighted by atomic mass is 9.92. The van der Waals surface area contributed by atoms with Crippen LogP contribution in [0.15, 0.2) is 29.2 Å². The Labute approximate surface area is 105 Å². The van der Waals surface area contributed by atoms with E-state index in [-0.39, 0.29) is 5.92 Å². The molecule has 2 unspecified atom stereocenters. The van der Waals surface area contributed by atoms with E-state index < -0.39 is 26.6 Å². The van der Waals surface area contributed by atoms with Crippen LogP contribution in [-0.2, 0) is 9.84 Å². The summed E-state index contributed by atoms with van der Waals surface area (Å²) in [6.07, 6.45) is 0.103. The summed E-state index contributed by atoms with van der Waals surface area (Å²) in [7, 11) is -4.54. The molecule has 0 aliphatic heterocycles. The predicted octanol–water partition coefficient (Wildman–Crippen LogP) is 2.56. The highest BCUT2D eigenvalue weighted by atomic mass is 32.2. The van der Waals surface area contributed by atoms with Gasteiger partial charge < -0.3 is 5.11 Å². The third-order valence-electron chi connectivity index (χ3n) is 2.89. The Bertz CT molecular complexity index is 481. The molecule has 0 aliphatic rings. The van der Waals surface area contributed by atoms with Gasteiger partial charge in [0.1, 0.15) is 0 Å². The summed E-state index contributed by atoms with van der Waals surface area (Å²) >= 11 is 0. The Balaban J connectivity index is 3.07. The van der Waals surface area contributed by atoms with Crippen LogP contribution in [0.25, 0.3) is 0 Å². The summed E-state index contributed by atoms with van der Waals surface area (Å²) in [4.78, 5) is -0.401. The molecule has 1 aromatic rings. The second-order valence-electron chi connectivity index (χ2n) is 4.13. The van der Waals surface area contributed by atoms with Crippen molar-refractivity contribution in [1.29, 1.82) is 0 Å². The molecule has 0 saturated carbocycles. The monoisotopic (exact) mass is 278 g/mol. The van der Waals surface area contributed by atoms with E-state index in [1.807, 2.05) is 6.92 Å². The highest BCUT2D eigenvalue weighted by Gasteiger charge is 2.26. The predicted molar refractivity (Wildman–Crippen MR) is 64.3 cm³/mol. The molecule has 0 spiro atoms. The number of halogens is 2. The van der Waals surface area contributed by atoms with E-state index in [0.29, 0.717) is 6.42 Å². The molecule has 1 aromatic carbocycles. The maximum atomic E-state index is 12.3. The van der Waals surface area contributed by atoms with Crippen LogP contribution in [0.3, 0.4) is 0 Å². The van der Waals surface area contributed by atoms with Gasteiger partial charge in [0.15, 0.2) is 0 Å². The first-order chi connectivity index (χ1) is 8.30. The van der Waals surface area contributed by atoms with Crippen LogP contribution in [0.5, 0.6) is 0 Å². The number of rotatable bonds is 5. The molecular formula is C12H16F2O3S. The largest absolute Gasteiger partial charge is 0.393 e. The van der Waals surface area contributed by atoms with Crippen LogP contribution in [0.2, 0.25) is 0 Å². The quantitative estimate of drug-likeness (QED) is 0.900. The number of aliphatic hydroxyl groups is 1. The molecule has 1 N–H and O–H groups in total. The zero-order valence-corrected chi connectivity index (χ0v) is 11.0. The van der Waals surface area contributed by atoms with Crippen LogP contribution >= 0.6 is 0 Å². The van der Waals surface area contributed by atoms with Crippen LogP contribution in [0.4, 0.5) is 8.78 Å². The highest BCUT2D eigenvalue weighted by Crippen LogP contribution is 2.26. The first-order valence-corrected chi connectivity index (χ1v) is 7.15. The average molecular weight is 278 g/mol. The number of alkyl halides is 2. The second-order valence-corrected chi connectivity index (χ2v) is 6.05. The maximum Gasteiger partial charge on any atom is 0.341 e. The third-order valence-corrected chi connectivity index (χ3v) is 4.29. The van der Waals surface area contributed by atoms with Crippen molar-refractivity contribution in [3.63, 3.8) is 0 Å². The third kappa shape index (κ3) is 3.05. The van der Waals surface area contributed by atoms with Gasteiger partial charge in [0.2, 0.25) is 9.84 Å². The minimum absolute atomic E-state index is 0.131. The van der Waals surface area contributed by atoms with Crippen molar-refractivity contribution in [2.75, 3.05) is 0 Å². The molecule has 0 heterocycles. The molecule has 102 valence electrons. The minimum atomic E-state index is -4.54. The molecule has 0 radical (unpaired) electrons.